The van der Waals surface area contributed by atoms with E-state index in [0.29, 0.717) is 6.04 Å². The highest BCUT2D eigenvalue weighted by molar-refractivity contribution is 5.54. The zero-order chi connectivity index (χ0) is 13.8. The summed E-state index contributed by atoms with van der Waals surface area (Å²) in [5, 5.41) is 0. The summed E-state index contributed by atoms with van der Waals surface area (Å²) in [5.41, 5.74) is 8.00. The summed E-state index contributed by atoms with van der Waals surface area (Å²) < 4.78 is 5.20. The van der Waals surface area contributed by atoms with Gasteiger partial charge in [-0.15, -0.1) is 0 Å². The highest BCUT2D eigenvalue weighted by Crippen LogP contribution is 2.24. The van der Waals surface area contributed by atoms with Crippen molar-refractivity contribution < 1.29 is 4.74 Å². The van der Waals surface area contributed by atoms with Crippen LogP contribution in [-0.2, 0) is 6.42 Å². The Morgan fingerprint density at radius 3 is 2.63 bits per heavy atom. The van der Waals surface area contributed by atoms with Crippen molar-refractivity contribution in [2.45, 2.75) is 39.2 Å². The van der Waals surface area contributed by atoms with Crippen LogP contribution in [0.3, 0.4) is 0 Å². The third-order valence-corrected chi connectivity index (χ3v) is 4.27. The largest absolute Gasteiger partial charge is 0.495 e. The van der Waals surface area contributed by atoms with Gasteiger partial charge in [-0.3, -0.25) is 0 Å². The van der Waals surface area contributed by atoms with Gasteiger partial charge in [-0.25, -0.2) is 0 Å². The average molecular weight is 262 g/mol. The van der Waals surface area contributed by atoms with E-state index in [1.807, 2.05) is 12.1 Å². The Labute approximate surface area is 116 Å². The smallest absolute Gasteiger partial charge is 0.141 e. The number of nitrogen functional groups attached to an aromatic ring is 1. The minimum atomic E-state index is 0.584. The highest BCUT2D eigenvalue weighted by atomic mass is 16.5. The summed E-state index contributed by atoms with van der Waals surface area (Å²) in [6, 6.07) is 6.72. The lowest BCUT2D eigenvalue weighted by Crippen LogP contribution is -2.40. The van der Waals surface area contributed by atoms with Crippen LogP contribution in [0.15, 0.2) is 18.2 Å². The Hall–Kier alpha value is -1.22. The van der Waals surface area contributed by atoms with E-state index in [2.05, 4.69) is 24.8 Å². The molecule has 0 amide bonds. The summed E-state index contributed by atoms with van der Waals surface area (Å²) >= 11 is 0. The summed E-state index contributed by atoms with van der Waals surface area (Å²) in [4.78, 5) is 2.60. The topological polar surface area (TPSA) is 38.5 Å². The molecule has 19 heavy (non-hydrogen) atoms. The molecule has 3 heteroatoms. The van der Waals surface area contributed by atoms with Gasteiger partial charge in [0.2, 0.25) is 0 Å². The number of methoxy groups -OCH3 is 1. The molecule has 1 aromatic rings. The van der Waals surface area contributed by atoms with Crippen LogP contribution < -0.4 is 10.5 Å². The minimum Gasteiger partial charge on any atom is -0.495 e. The van der Waals surface area contributed by atoms with Crippen LogP contribution in [0, 0.1) is 5.92 Å². The van der Waals surface area contributed by atoms with Crippen LogP contribution in [0.1, 0.15) is 32.3 Å². The maximum atomic E-state index is 5.97. The van der Waals surface area contributed by atoms with Gasteiger partial charge in [0.25, 0.3) is 0 Å². The zero-order valence-electron chi connectivity index (χ0n) is 12.4. The maximum Gasteiger partial charge on any atom is 0.141 e. The van der Waals surface area contributed by atoms with Crippen LogP contribution in [0.25, 0.3) is 0 Å². The Morgan fingerprint density at radius 1 is 1.37 bits per heavy atom. The van der Waals surface area contributed by atoms with Gasteiger partial charge in [0.15, 0.2) is 0 Å². The van der Waals surface area contributed by atoms with E-state index in [4.69, 9.17) is 10.5 Å². The lowest BCUT2D eigenvalue weighted by atomic mass is 9.96. The molecule has 1 fully saturated rings. The number of rotatable bonds is 4. The minimum absolute atomic E-state index is 0.584. The third kappa shape index (κ3) is 3.63. The summed E-state index contributed by atoms with van der Waals surface area (Å²) in [5.74, 6) is 1.66. The van der Waals surface area contributed by atoms with E-state index in [9.17, 15) is 0 Å². The van der Waals surface area contributed by atoms with E-state index in [0.717, 1.165) is 23.8 Å². The molecule has 2 N–H and O–H groups in total. The van der Waals surface area contributed by atoms with Crippen LogP contribution in [0.4, 0.5) is 5.69 Å². The fourth-order valence-electron chi connectivity index (χ4n) is 2.85. The summed E-state index contributed by atoms with van der Waals surface area (Å²) in [6.07, 6.45) is 3.72. The molecule has 0 aromatic heterocycles. The lowest BCUT2D eigenvalue weighted by molar-refractivity contribution is 0.146. The Bertz CT molecular complexity index is 411. The molecule has 0 radical (unpaired) electrons. The number of nitrogens with two attached hydrogens (primary N) is 1. The first kappa shape index (κ1) is 14.2. The van der Waals surface area contributed by atoms with Gasteiger partial charge in [-0.1, -0.05) is 13.0 Å². The van der Waals surface area contributed by atoms with Crippen molar-refractivity contribution in [3.05, 3.63) is 23.8 Å². The average Bonchev–Trinajstić information content (AvgIpc) is 2.39. The van der Waals surface area contributed by atoms with Crippen LogP contribution in [0.5, 0.6) is 5.75 Å². The van der Waals surface area contributed by atoms with Gasteiger partial charge in [-0.2, -0.15) is 0 Å². The van der Waals surface area contributed by atoms with Gasteiger partial charge in [0.05, 0.1) is 12.8 Å². The molecule has 1 saturated heterocycles. The van der Waals surface area contributed by atoms with Crippen molar-refractivity contribution >= 4 is 5.69 Å². The van der Waals surface area contributed by atoms with Gasteiger partial charge in [-0.05, 0) is 62.9 Å². The molecule has 1 atom stereocenters. The van der Waals surface area contributed by atoms with Crippen LogP contribution in [-0.4, -0.2) is 31.1 Å². The number of likely N-dealkylation sites (tertiary alicyclic amines) is 1. The molecule has 1 heterocycles. The normalized spacial score (nSPS) is 19.3. The predicted molar refractivity (Wildman–Crippen MR) is 80.5 cm³/mol. The predicted octanol–water partition coefficient (Wildman–Crippen LogP) is 2.94. The van der Waals surface area contributed by atoms with Gasteiger partial charge in [0.1, 0.15) is 5.75 Å². The van der Waals surface area contributed by atoms with Crippen molar-refractivity contribution in [1.29, 1.82) is 0 Å². The molecule has 2 rings (SSSR count). The monoisotopic (exact) mass is 262 g/mol. The molecule has 3 nitrogen and oxygen atoms in total. The Balaban J connectivity index is 1.95. The van der Waals surface area contributed by atoms with Gasteiger partial charge < -0.3 is 15.4 Å². The molecule has 1 aliphatic heterocycles. The molecule has 1 aliphatic rings. The molecule has 0 aliphatic carbocycles. The first-order valence-corrected chi connectivity index (χ1v) is 7.26. The lowest BCUT2D eigenvalue weighted by Gasteiger charge is -2.35. The number of hydrogen-bond donors (Lipinski definition) is 1. The molecule has 0 bridgehead atoms. The number of hydrogen-bond acceptors (Lipinski definition) is 3. The molecule has 1 aromatic carbocycles. The molecular formula is C16H26N2O. The van der Waals surface area contributed by atoms with E-state index < -0.39 is 0 Å². The van der Waals surface area contributed by atoms with E-state index >= 15 is 0 Å². The van der Waals surface area contributed by atoms with Gasteiger partial charge in [0, 0.05) is 6.04 Å². The standard InChI is InChI=1S/C16H26N2O/c1-12-6-8-18(9-7-12)13(2)10-14-4-5-16(19-3)15(17)11-14/h4-5,11-13H,6-10,17H2,1-3H3. The van der Waals surface area contributed by atoms with E-state index in [-0.39, 0.29) is 0 Å². The van der Waals surface area contributed by atoms with Crippen molar-refractivity contribution in [1.82, 2.24) is 4.90 Å². The number of ether oxygens (including phenoxy) is 1. The highest BCUT2D eigenvalue weighted by Gasteiger charge is 2.20. The van der Waals surface area contributed by atoms with Crippen molar-refractivity contribution in [3.8, 4) is 5.75 Å². The first-order chi connectivity index (χ1) is 9.10. The third-order valence-electron chi connectivity index (χ3n) is 4.27. The Kier molecular flexibility index (Phi) is 4.70. The molecule has 106 valence electrons. The van der Waals surface area contributed by atoms with E-state index in [1.165, 1.54) is 31.5 Å². The van der Waals surface area contributed by atoms with Crippen LogP contribution >= 0.6 is 0 Å². The fourth-order valence-corrected chi connectivity index (χ4v) is 2.85. The Morgan fingerprint density at radius 2 is 2.05 bits per heavy atom. The second kappa shape index (κ2) is 6.29. The molecule has 1 unspecified atom stereocenters. The number of benzene rings is 1. The number of piperidine rings is 1. The van der Waals surface area contributed by atoms with Gasteiger partial charge >= 0.3 is 0 Å². The second-order valence-corrected chi connectivity index (χ2v) is 5.85. The molecule has 0 saturated carbocycles. The molecular weight excluding hydrogens is 236 g/mol. The van der Waals surface area contributed by atoms with Crippen molar-refractivity contribution in [2.24, 2.45) is 5.92 Å². The quantitative estimate of drug-likeness (QED) is 0.848. The SMILES string of the molecule is COc1ccc(CC(C)N2CCC(C)CC2)cc1N. The first-order valence-electron chi connectivity index (χ1n) is 7.26. The van der Waals surface area contributed by atoms with Crippen molar-refractivity contribution in [3.63, 3.8) is 0 Å². The fraction of sp³-hybridized carbons (Fsp3) is 0.625. The summed E-state index contributed by atoms with van der Waals surface area (Å²) in [6.45, 7) is 7.13. The van der Waals surface area contributed by atoms with Crippen LogP contribution in [0.2, 0.25) is 0 Å². The number of nitrogens with zero attached hydrogens (tertiary/aromatic N) is 1. The maximum absolute atomic E-state index is 5.97. The van der Waals surface area contributed by atoms with Crippen molar-refractivity contribution in [2.75, 3.05) is 25.9 Å². The number of anilines is 1. The second-order valence-electron chi connectivity index (χ2n) is 5.85. The van der Waals surface area contributed by atoms with E-state index in [1.54, 1.807) is 7.11 Å². The molecule has 0 spiro atoms. The zero-order valence-corrected chi connectivity index (χ0v) is 12.4. The summed E-state index contributed by atoms with van der Waals surface area (Å²) in [7, 11) is 1.66.